The van der Waals surface area contributed by atoms with Crippen LogP contribution in [-0.2, 0) is 30.2 Å². The summed E-state index contributed by atoms with van der Waals surface area (Å²) in [5.74, 6) is -0.962. The minimum Gasteiger partial charge on any atom is -0.478 e. The first-order chi connectivity index (χ1) is 19.1. The molecule has 7 nitrogen and oxygen atoms in total. The lowest BCUT2D eigenvalue weighted by molar-refractivity contribution is -0.195. The SMILES string of the molecule is O=C(O)C=CCC=CC[C@@H]1[C@@H](C=C[C@H](Cc2ccccc2)OC2CCCCO2)[C@H](O)C[C@@H]1OC1CCCCO1. The molecule has 2 saturated heterocycles. The molecule has 0 bridgehead atoms. The molecule has 2 aliphatic heterocycles. The van der Waals surface area contributed by atoms with Crippen LogP contribution in [0.4, 0.5) is 0 Å². The van der Waals surface area contributed by atoms with Crippen LogP contribution < -0.4 is 0 Å². The van der Waals surface area contributed by atoms with Gasteiger partial charge in [0, 0.05) is 38.0 Å². The average Bonchev–Trinajstić information content (AvgIpc) is 3.24. The average molecular weight is 541 g/mol. The van der Waals surface area contributed by atoms with Crippen molar-refractivity contribution in [3.05, 3.63) is 72.4 Å². The largest absolute Gasteiger partial charge is 0.478 e. The summed E-state index contributed by atoms with van der Waals surface area (Å²) < 4.78 is 24.5. The summed E-state index contributed by atoms with van der Waals surface area (Å²) in [5.41, 5.74) is 1.19. The lowest BCUT2D eigenvalue weighted by atomic mass is 9.89. The second-order valence-electron chi connectivity index (χ2n) is 10.7. The van der Waals surface area contributed by atoms with Crippen LogP contribution in [0.5, 0.6) is 0 Å². The van der Waals surface area contributed by atoms with E-state index in [-0.39, 0.29) is 36.6 Å². The van der Waals surface area contributed by atoms with Crippen LogP contribution in [-0.4, -0.2) is 60.3 Å². The van der Waals surface area contributed by atoms with Gasteiger partial charge in [-0.3, -0.25) is 0 Å². The van der Waals surface area contributed by atoms with Crippen LogP contribution in [0.3, 0.4) is 0 Å². The molecule has 0 radical (unpaired) electrons. The van der Waals surface area contributed by atoms with Crippen molar-refractivity contribution in [2.45, 2.75) is 95.1 Å². The number of aliphatic hydroxyl groups is 1. The fraction of sp³-hybridized carbons (Fsp3) is 0.594. The number of rotatable bonds is 13. The maximum absolute atomic E-state index is 11.1. The van der Waals surface area contributed by atoms with E-state index in [0.29, 0.717) is 19.4 Å². The number of carboxylic acid groups (broad SMARTS) is 1. The van der Waals surface area contributed by atoms with Crippen LogP contribution in [0.1, 0.15) is 63.4 Å². The molecule has 0 spiro atoms. The first-order valence-corrected chi connectivity index (χ1v) is 14.6. The quantitative estimate of drug-likeness (QED) is 0.249. The number of carbonyl (C=O) groups is 1. The van der Waals surface area contributed by atoms with Gasteiger partial charge in [-0.2, -0.15) is 0 Å². The molecule has 1 saturated carbocycles. The minimum absolute atomic E-state index is 0.0739. The number of hydrogen-bond donors (Lipinski definition) is 2. The zero-order chi connectivity index (χ0) is 27.3. The van der Waals surface area contributed by atoms with Crippen LogP contribution in [0.2, 0.25) is 0 Å². The number of allylic oxidation sites excluding steroid dienone is 3. The minimum atomic E-state index is -0.945. The fourth-order valence-corrected chi connectivity index (χ4v) is 5.72. The Kier molecular flexibility index (Phi) is 12.2. The van der Waals surface area contributed by atoms with Crippen molar-refractivity contribution in [2.24, 2.45) is 11.8 Å². The van der Waals surface area contributed by atoms with Crippen molar-refractivity contribution in [1.82, 2.24) is 0 Å². The van der Waals surface area contributed by atoms with Crippen molar-refractivity contribution in [3.63, 3.8) is 0 Å². The molecule has 0 amide bonds. The second-order valence-corrected chi connectivity index (χ2v) is 10.7. The Labute approximate surface area is 232 Å². The number of benzene rings is 1. The van der Waals surface area contributed by atoms with E-state index in [1.807, 2.05) is 24.3 Å². The molecule has 3 aliphatic rings. The van der Waals surface area contributed by atoms with Crippen molar-refractivity contribution in [1.29, 1.82) is 0 Å². The van der Waals surface area contributed by atoms with Gasteiger partial charge in [0.25, 0.3) is 0 Å². The first kappa shape index (κ1) is 29.7. The zero-order valence-corrected chi connectivity index (χ0v) is 22.8. The highest BCUT2D eigenvalue weighted by molar-refractivity contribution is 5.79. The van der Waals surface area contributed by atoms with Crippen molar-refractivity contribution in [2.75, 3.05) is 13.2 Å². The Balaban J connectivity index is 1.46. The molecule has 7 heteroatoms. The molecule has 0 aromatic heterocycles. The standard InChI is InChI=1S/C32H44O7/c33-28-23-29(39-32-17-9-11-21-37-32)27(14-6-1-2-7-15-30(34)35)26(28)19-18-25(22-24-12-4-3-5-13-24)38-31-16-8-10-20-36-31/h1,3-7,12-13,15,18-19,25-29,31-33H,2,8-11,14,16-17,20-23H2,(H,34,35)/t25-,26-,27-,28-,29+,31?,32?/m1/s1. The molecular weight excluding hydrogens is 496 g/mol. The molecule has 39 heavy (non-hydrogen) atoms. The predicted molar refractivity (Wildman–Crippen MR) is 149 cm³/mol. The summed E-state index contributed by atoms with van der Waals surface area (Å²) >= 11 is 0. The van der Waals surface area contributed by atoms with Gasteiger partial charge in [0.2, 0.25) is 0 Å². The molecule has 1 aromatic carbocycles. The van der Waals surface area contributed by atoms with Crippen molar-refractivity contribution in [3.8, 4) is 0 Å². The van der Waals surface area contributed by atoms with Gasteiger partial charge in [-0.15, -0.1) is 0 Å². The summed E-state index contributed by atoms with van der Waals surface area (Å²) in [5, 5.41) is 20.0. The molecule has 2 heterocycles. The molecule has 2 N–H and O–H groups in total. The first-order valence-electron chi connectivity index (χ1n) is 14.6. The van der Waals surface area contributed by atoms with Gasteiger partial charge in [-0.25, -0.2) is 4.79 Å². The number of aliphatic hydroxyl groups excluding tert-OH is 1. The van der Waals surface area contributed by atoms with Gasteiger partial charge in [-0.05, 0) is 62.8 Å². The zero-order valence-electron chi connectivity index (χ0n) is 22.8. The van der Waals surface area contributed by atoms with Gasteiger partial charge in [0.1, 0.15) is 0 Å². The van der Waals surface area contributed by atoms with Gasteiger partial charge < -0.3 is 29.2 Å². The Hall–Kier alpha value is -2.29. The summed E-state index contributed by atoms with van der Waals surface area (Å²) in [7, 11) is 0. The topological polar surface area (TPSA) is 94.5 Å². The van der Waals surface area contributed by atoms with E-state index in [0.717, 1.165) is 64.0 Å². The van der Waals surface area contributed by atoms with Crippen molar-refractivity contribution < 1.29 is 34.0 Å². The highest BCUT2D eigenvalue weighted by Crippen LogP contribution is 2.39. The maximum atomic E-state index is 11.1. The summed E-state index contributed by atoms with van der Waals surface area (Å²) in [6.45, 7) is 1.44. The molecule has 3 fully saturated rings. The Morgan fingerprint density at radius 1 is 1.00 bits per heavy atom. The third-order valence-corrected chi connectivity index (χ3v) is 7.75. The summed E-state index contributed by atoms with van der Waals surface area (Å²) in [6.07, 6.45) is 18.5. The highest BCUT2D eigenvalue weighted by Gasteiger charge is 2.42. The smallest absolute Gasteiger partial charge is 0.327 e. The third-order valence-electron chi connectivity index (χ3n) is 7.75. The van der Waals surface area contributed by atoms with E-state index in [9.17, 15) is 9.90 Å². The monoisotopic (exact) mass is 540 g/mol. The van der Waals surface area contributed by atoms with Gasteiger partial charge in [-0.1, -0.05) is 60.7 Å². The molecule has 4 rings (SSSR count). The molecule has 1 aromatic rings. The van der Waals surface area contributed by atoms with E-state index in [4.69, 9.17) is 24.1 Å². The molecule has 7 atom stereocenters. The summed E-state index contributed by atoms with van der Waals surface area (Å²) in [4.78, 5) is 10.7. The van der Waals surface area contributed by atoms with E-state index in [2.05, 4.69) is 30.4 Å². The van der Waals surface area contributed by atoms with E-state index in [1.165, 1.54) is 5.56 Å². The lowest BCUT2D eigenvalue weighted by Crippen LogP contribution is -2.31. The number of ether oxygens (including phenoxy) is 4. The van der Waals surface area contributed by atoms with Gasteiger partial charge in [0.05, 0.1) is 18.3 Å². The number of carboxylic acids is 1. The van der Waals surface area contributed by atoms with Crippen LogP contribution >= 0.6 is 0 Å². The molecular formula is C32H44O7. The van der Waals surface area contributed by atoms with Crippen molar-refractivity contribution >= 4 is 5.97 Å². The molecule has 2 unspecified atom stereocenters. The number of aliphatic carboxylic acids is 1. The van der Waals surface area contributed by atoms with Crippen LogP contribution in [0.25, 0.3) is 0 Å². The third kappa shape index (κ3) is 10.00. The predicted octanol–water partition coefficient (Wildman–Crippen LogP) is 5.58. The Bertz CT molecular complexity index is 931. The van der Waals surface area contributed by atoms with E-state index >= 15 is 0 Å². The Morgan fingerprint density at radius 2 is 1.74 bits per heavy atom. The fourth-order valence-electron chi connectivity index (χ4n) is 5.72. The summed E-state index contributed by atoms with van der Waals surface area (Å²) in [6, 6.07) is 10.3. The second kappa shape index (κ2) is 16.1. The Morgan fingerprint density at radius 3 is 2.44 bits per heavy atom. The highest BCUT2D eigenvalue weighted by atomic mass is 16.7. The maximum Gasteiger partial charge on any atom is 0.327 e. The molecule has 1 aliphatic carbocycles. The van der Waals surface area contributed by atoms with Crippen LogP contribution in [0, 0.1) is 11.8 Å². The van der Waals surface area contributed by atoms with Gasteiger partial charge in [0.15, 0.2) is 12.6 Å². The van der Waals surface area contributed by atoms with E-state index < -0.39 is 12.1 Å². The molecule has 214 valence electrons. The van der Waals surface area contributed by atoms with E-state index in [1.54, 1.807) is 6.08 Å². The van der Waals surface area contributed by atoms with Crippen LogP contribution in [0.15, 0.2) is 66.8 Å². The lowest BCUT2D eigenvalue weighted by Gasteiger charge is -2.30. The normalized spacial score (nSPS) is 30.9. The number of hydrogen-bond acceptors (Lipinski definition) is 6. The van der Waals surface area contributed by atoms with Gasteiger partial charge >= 0.3 is 5.97 Å².